The summed E-state index contributed by atoms with van der Waals surface area (Å²) in [5.41, 5.74) is -0.487. The zero-order valence-electron chi connectivity index (χ0n) is 13.0. The molecular formula is C16H21F3N2OS. The van der Waals surface area contributed by atoms with Crippen LogP contribution in [0.2, 0.25) is 0 Å². The molecule has 2 N–H and O–H groups in total. The number of alkyl halides is 3. The van der Waals surface area contributed by atoms with Gasteiger partial charge in [0.1, 0.15) is 0 Å². The van der Waals surface area contributed by atoms with Crippen LogP contribution in [-0.2, 0) is 10.9 Å². The molecule has 0 radical (unpaired) electrons. The van der Waals surface area contributed by atoms with Crippen LogP contribution >= 0.6 is 12.2 Å². The van der Waals surface area contributed by atoms with E-state index in [-0.39, 0.29) is 5.54 Å². The summed E-state index contributed by atoms with van der Waals surface area (Å²) >= 11 is 5.29. The minimum absolute atomic E-state index is 0.123. The van der Waals surface area contributed by atoms with Crippen LogP contribution in [0.25, 0.3) is 0 Å². The molecule has 1 saturated carbocycles. The number of hydrogen-bond donors (Lipinski definition) is 2. The topological polar surface area (TPSA) is 33.3 Å². The lowest BCUT2D eigenvalue weighted by Crippen LogP contribution is -2.48. The molecule has 0 unspecified atom stereocenters. The maximum Gasteiger partial charge on any atom is 0.416 e. The standard InChI is InChI=1S/C16H21F3N2OS/c1-22-10-9-15(7-2-3-8-15)21-14(23)20-13-6-4-5-12(11-13)16(17,18)19/h4-6,11H,2-3,7-10H2,1H3,(H2,20,21,23). The Bertz CT molecular complexity index is 542. The first kappa shape index (κ1) is 18.0. The Kier molecular flexibility index (Phi) is 5.86. The van der Waals surface area contributed by atoms with Crippen LogP contribution in [-0.4, -0.2) is 24.4 Å². The van der Waals surface area contributed by atoms with Gasteiger partial charge in [-0.05, 0) is 49.7 Å². The summed E-state index contributed by atoms with van der Waals surface area (Å²) in [5, 5.41) is 6.50. The zero-order valence-corrected chi connectivity index (χ0v) is 13.8. The van der Waals surface area contributed by atoms with Gasteiger partial charge in [-0.3, -0.25) is 0 Å². The van der Waals surface area contributed by atoms with E-state index in [4.69, 9.17) is 17.0 Å². The zero-order chi connectivity index (χ0) is 16.9. The third-order valence-electron chi connectivity index (χ3n) is 4.17. The minimum Gasteiger partial charge on any atom is -0.385 e. The van der Waals surface area contributed by atoms with Crippen molar-refractivity contribution in [1.82, 2.24) is 5.32 Å². The molecule has 1 fully saturated rings. The number of methoxy groups -OCH3 is 1. The van der Waals surface area contributed by atoms with Crippen molar-refractivity contribution in [3.05, 3.63) is 29.8 Å². The summed E-state index contributed by atoms with van der Waals surface area (Å²) < 4.78 is 43.4. The van der Waals surface area contributed by atoms with E-state index in [1.807, 2.05) is 0 Å². The lowest BCUT2D eigenvalue weighted by Gasteiger charge is -2.31. The average Bonchev–Trinajstić information content (AvgIpc) is 2.93. The van der Waals surface area contributed by atoms with Crippen molar-refractivity contribution in [1.29, 1.82) is 0 Å². The van der Waals surface area contributed by atoms with Gasteiger partial charge in [-0.25, -0.2) is 0 Å². The Morgan fingerprint density at radius 2 is 2.00 bits per heavy atom. The minimum atomic E-state index is -4.36. The van der Waals surface area contributed by atoms with Gasteiger partial charge in [-0.15, -0.1) is 0 Å². The van der Waals surface area contributed by atoms with E-state index in [0.717, 1.165) is 44.2 Å². The van der Waals surface area contributed by atoms with Crippen molar-refractivity contribution >= 4 is 23.0 Å². The van der Waals surface area contributed by atoms with Gasteiger partial charge in [0.05, 0.1) is 5.56 Å². The van der Waals surface area contributed by atoms with Gasteiger partial charge in [-0.2, -0.15) is 13.2 Å². The first-order valence-corrected chi connectivity index (χ1v) is 8.01. The highest BCUT2D eigenvalue weighted by molar-refractivity contribution is 7.80. The number of halogens is 3. The molecule has 1 aromatic carbocycles. The van der Waals surface area contributed by atoms with Gasteiger partial charge >= 0.3 is 6.18 Å². The fourth-order valence-electron chi connectivity index (χ4n) is 2.96. The highest BCUT2D eigenvalue weighted by Crippen LogP contribution is 2.33. The predicted octanol–water partition coefficient (Wildman–Crippen LogP) is 4.34. The first-order valence-electron chi connectivity index (χ1n) is 7.60. The molecule has 0 atom stereocenters. The number of nitrogens with one attached hydrogen (secondary N) is 2. The molecule has 2 rings (SSSR count). The fourth-order valence-corrected chi connectivity index (χ4v) is 3.30. The van der Waals surface area contributed by atoms with Gasteiger partial charge in [0, 0.05) is 24.9 Å². The maximum atomic E-state index is 12.7. The molecule has 1 aromatic rings. The van der Waals surface area contributed by atoms with E-state index >= 15 is 0 Å². The monoisotopic (exact) mass is 346 g/mol. The predicted molar refractivity (Wildman–Crippen MR) is 88.5 cm³/mol. The summed E-state index contributed by atoms with van der Waals surface area (Å²) in [6.45, 7) is 0.624. The largest absolute Gasteiger partial charge is 0.416 e. The van der Waals surface area contributed by atoms with Gasteiger partial charge in [0.25, 0.3) is 0 Å². The van der Waals surface area contributed by atoms with Crippen LogP contribution in [0.4, 0.5) is 18.9 Å². The van der Waals surface area contributed by atoms with E-state index in [9.17, 15) is 13.2 Å². The van der Waals surface area contributed by atoms with Crippen molar-refractivity contribution in [2.75, 3.05) is 19.0 Å². The molecule has 0 amide bonds. The Balaban J connectivity index is 2.01. The lowest BCUT2D eigenvalue weighted by atomic mass is 9.94. The Morgan fingerprint density at radius 1 is 1.30 bits per heavy atom. The quantitative estimate of drug-likeness (QED) is 0.777. The number of anilines is 1. The molecule has 0 spiro atoms. The van der Waals surface area contributed by atoms with Crippen LogP contribution in [0.5, 0.6) is 0 Å². The molecule has 3 nitrogen and oxygen atoms in total. The maximum absolute atomic E-state index is 12.7. The van der Waals surface area contributed by atoms with Crippen molar-refractivity contribution < 1.29 is 17.9 Å². The number of thiocarbonyl (C=S) groups is 1. The Morgan fingerprint density at radius 3 is 2.61 bits per heavy atom. The van der Waals surface area contributed by atoms with E-state index in [0.29, 0.717) is 17.4 Å². The first-order chi connectivity index (χ1) is 10.8. The molecule has 1 aliphatic rings. The third kappa shape index (κ3) is 5.07. The molecule has 7 heteroatoms. The lowest BCUT2D eigenvalue weighted by molar-refractivity contribution is -0.137. The van der Waals surface area contributed by atoms with Crippen molar-refractivity contribution in [3.8, 4) is 0 Å². The summed E-state index contributed by atoms with van der Waals surface area (Å²) in [6, 6.07) is 5.03. The number of hydrogen-bond acceptors (Lipinski definition) is 2. The summed E-state index contributed by atoms with van der Waals surface area (Å²) in [5.74, 6) is 0. The van der Waals surface area contributed by atoms with Crippen LogP contribution < -0.4 is 10.6 Å². The SMILES string of the molecule is COCCC1(NC(=S)Nc2cccc(C(F)(F)F)c2)CCCC1. The molecule has 0 aromatic heterocycles. The van der Waals surface area contributed by atoms with E-state index in [2.05, 4.69) is 10.6 Å². The highest BCUT2D eigenvalue weighted by atomic mass is 32.1. The second-order valence-electron chi connectivity index (χ2n) is 5.89. The van der Waals surface area contributed by atoms with Crippen LogP contribution in [0, 0.1) is 0 Å². The van der Waals surface area contributed by atoms with Crippen LogP contribution in [0.1, 0.15) is 37.7 Å². The molecular weight excluding hydrogens is 325 g/mol. The van der Waals surface area contributed by atoms with Crippen molar-refractivity contribution in [2.24, 2.45) is 0 Å². The van der Waals surface area contributed by atoms with Gasteiger partial charge in [0.2, 0.25) is 0 Å². The second kappa shape index (κ2) is 7.49. The smallest absolute Gasteiger partial charge is 0.385 e. The van der Waals surface area contributed by atoms with Gasteiger partial charge in [0.15, 0.2) is 5.11 Å². The van der Waals surface area contributed by atoms with Gasteiger partial charge < -0.3 is 15.4 Å². The van der Waals surface area contributed by atoms with E-state index in [1.165, 1.54) is 6.07 Å². The summed E-state index contributed by atoms with van der Waals surface area (Å²) in [4.78, 5) is 0. The molecule has 0 bridgehead atoms. The molecule has 23 heavy (non-hydrogen) atoms. The molecule has 0 saturated heterocycles. The third-order valence-corrected chi connectivity index (χ3v) is 4.38. The number of benzene rings is 1. The molecule has 128 valence electrons. The molecule has 0 aliphatic heterocycles. The summed E-state index contributed by atoms with van der Waals surface area (Å²) in [6.07, 6.45) is 0.666. The van der Waals surface area contributed by atoms with Crippen molar-refractivity contribution in [3.63, 3.8) is 0 Å². The van der Waals surface area contributed by atoms with E-state index in [1.54, 1.807) is 13.2 Å². The van der Waals surface area contributed by atoms with Crippen molar-refractivity contribution in [2.45, 2.75) is 43.8 Å². The number of rotatable bonds is 5. The summed E-state index contributed by atoms with van der Waals surface area (Å²) in [7, 11) is 1.65. The molecule has 1 aliphatic carbocycles. The van der Waals surface area contributed by atoms with Crippen LogP contribution in [0.15, 0.2) is 24.3 Å². The number of ether oxygens (including phenoxy) is 1. The normalized spacial score (nSPS) is 17.0. The van der Waals surface area contributed by atoms with Crippen LogP contribution in [0.3, 0.4) is 0 Å². The Hall–Kier alpha value is -1.34. The van der Waals surface area contributed by atoms with Gasteiger partial charge in [-0.1, -0.05) is 18.9 Å². The molecule has 0 heterocycles. The fraction of sp³-hybridized carbons (Fsp3) is 0.562. The Labute approximate surface area is 139 Å². The average molecular weight is 346 g/mol. The van der Waals surface area contributed by atoms with E-state index < -0.39 is 11.7 Å². The second-order valence-corrected chi connectivity index (χ2v) is 6.30. The highest BCUT2D eigenvalue weighted by Gasteiger charge is 2.34.